The van der Waals surface area contributed by atoms with Crippen LogP contribution in [0.2, 0.25) is 0 Å². The second kappa shape index (κ2) is 4.45. The van der Waals surface area contributed by atoms with Gasteiger partial charge in [0, 0.05) is 28.4 Å². The molecule has 3 N–H and O–H groups in total. The predicted molar refractivity (Wildman–Crippen MR) is 73.5 cm³/mol. The zero-order chi connectivity index (χ0) is 12.4. The van der Waals surface area contributed by atoms with E-state index in [1.165, 1.54) is 0 Å². The Morgan fingerprint density at radius 1 is 1.00 bits per heavy atom. The molecule has 0 unspecified atom stereocenters. The number of anilines is 1. The summed E-state index contributed by atoms with van der Waals surface area (Å²) in [6.07, 6.45) is 1.95. The van der Waals surface area contributed by atoms with Gasteiger partial charge in [0.15, 0.2) is 0 Å². The van der Waals surface area contributed by atoms with E-state index in [9.17, 15) is 0 Å². The van der Waals surface area contributed by atoms with Crippen LogP contribution in [0.25, 0.3) is 10.9 Å². The fourth-order valence-electron chi connectivity index (χ4n) is 2.08. The maximum absolute atomic E-state index is 5.99. The van der Waals surface area contributed by atoms with Gasteiger partial charge in [0.05, 0.1) is 0 Å². The standard InChI is InChI=1S/C15H14N2O/c16-13-7-4-8-14-15(13)11(9-17-14)10-18-12-5-2-1-3-6-12/h1-9,17H,10,16H2. The summed E-state index contributed by atoms with van der Waals surface area (Å²) in [4.78, 5) is 3.21. The first kappa shape index (κ1) is 10.7. The van der Waals surface area contributed by atoms with Gasteiger partial charge in [-0.25, -0.2) is 0 Å². The largest absolute Gasteiger partial charge is 0.489 e. The van der Waals surface area contributed by atoms with Gasteiger partial charge in [-0.15, -0.1) is 0 Å². The molecule has 0 radical (unpaired) electrons. The minimum absolute atomic E-state index is 0.512. The van der Waals surface area contributed by atoms with Gasteiger partial charge in [0.25, 0.3) is 0 Å². The Hall–Kier alpha value is -2.42. The third-order valence-corrected chi connectivity index (χ3v) is 2.96. The number of nitrogens with one attached hydrogen (secondary N) is 1. The Balaban J connectivity index is 1.87. The van der Waals surface area contributed by atoms with Gasteiger partial charge in [-0.2, -0.15) is 0 Å². The van der Waals surface area contributed by atoms with Crippen molar-refractivity contribution in [1.82, 2.24) is 4.98 Å². The van der Waals surface area contributed by atoms with E-state index in [1.54, 1.807) is 0 Å². The summed E-state index contributed by atoms with van der Waals surface area (Å²) in [5.41, 5.74) is 8.89. The first-order valence-corrected chi connectivity index (χ1v) is 5.87. The van der Waals surface area contributed by atoms with Crippen LogP contribution in [0.5, 0.6) is 5.75 Å². The quantitative estimate of drug-likeness (QED) is 0.688. The number of fused-ring (bicyclic) bond motifs is 1. The average molecular weight is 238 g/mol. The molecule has 0 bridgehead atoms. The molecule has 2 aromatic carbocycles. The van der Waals surface area contributed by atoms with Crippen molar-refractivity contribution in [3.63, 3.8) is 0 Å². The van der Waals surface area contributed by atoms with Crippen molar-refractivity contribution in [3.8, 4) is 5.75 Å². The highest BCUT2D eigenvalue weighted by Gasteiger charge is 2.06. The molecule has 0 aliphatic heterocycles. The first-order chi connectivity index (χ1) is 8.84. The van der Waals surface area contributed by atoms with Crippen LogP contribution in [0.15, 0.2) is 54.7 Å². The summed E-state index contributed by atoms with van der Waals surface area (Å²) in [6, 6.07) is 15.6. The van der Waals surface area contributed by atoms with Crippen molar-refractivity contribution in [2.24, 2.45) is 0 Å². The molecule has 3 nitrogen and oxygen atoms in total. The molecule has 0 aliphatic rings. The fourth-order valence-corrected chi connectivity index (χ4v) is 2.08. The number of nitrogen functional groups attached to an aromatic ring is 1. The Morgan fingerprint density at radius 2 is 1.83 bits per heavy atom. The van der Waals surface area contributed by atoms with E-state index >= 15 is 0 Å². The predicted octanol–water partition coefficient (Wildman–Crippen LogP) is 3.33. The highest BCUT2D eigenvalue weighted by atomic mass is 16.5. The molecule has 0 fully saturated rings. The summed E-state index contributed by atoms with van der Waals surface area (Å²) in [5.74, 6) is 0.862. The van der Waals surface area contributed by atoms with Gasteiger partial charge in [-0.1, -0.05) is 24.3 Å². The zero-order valence-corrected chi connectivity index (χ0v) is 9.89. The molecule has 0 spiro atoms. The van der Waals surface area contributed by atoms with Crippen LogP contribution in [0, 0.1) is 0 Å². The third-order valence-electron chi connectivity index (χ3n) is 2.96. The van der Waals surface area contributed by atoms with Crippen LogP contribution < -0.4 is 10.5 Å². The van der Waals surface area contributed by atoms with Crippen LogP contribution in [0.3, 0.4) is 0 Å². The van der Waals surface area contributed by atoms with Gasteiger partial charge >= 0.3 is 0 Å². The molecule has 3 heteroatoms. The van der Waals surface area contributed by atoms with Crippen molar-refractivity contribution in [1.29, 1.82) is 0 Å². The number of aromatic nitrogens is 1. The monoisotopic (exact) mass is 238 g/mol. The molecule has 1 aromatic heterocycles. The van der Waals surface area contributed by atoms with E-state index in [4.69, 9.17) is 10.5 Å². The molecule has 3 aromatic rings. The molecule has 90 valence electrons. The third kappa shape index (κ3) is 1.91. The van der Waals surface area contributed by atoms with Crippen molar-refractivity contribution in [3.05, 3.63) is 60.3 Å². The lowest BCUT2D eigenvalue weighted by atomic mass is 10.1. The van der Waals surface area contributed by atoms with Gasteiger partial charge in [-0.3, -0.25) is 0 Å². The summed E-state index contributed by atoms with van der Waals surface area (Å²) in [5, 5.41) is 1.05. The highest BCUT2D eigenvalue weighted by molar-refractivity contribution is 5.93. The van der Waals surface area contributed by atoms with Crippen LogP contribution in [0.1, 0.15) is 5.56 Å². The summed E-state index contributed by atoms with van der Waals surface area (Å²) in [6.45, 7) is 0.512. The van der Waals surface area contributed by atoms with E-state index in [-0.39, 0.29) is 0 Å². The first-order valence-electron chi connectivity index (χ1n) is 5.87. The Bertz CT molecular complexity index is 659. The topological polar surface area (TPSA) is 51.0 Å². The van der Waals surface area contributed by atoms with Crippen LogP contribution >= 0.6 is 0 Å². The van der Waals surface area contributed by atoms with Gasteiger partial charge in [0.2, 0.25) is 0 Å². The Labute approximate surface area is 105 Å². The second-order valence-corrected chi connectivity index (χ2v) is 4.19. The molecule has 18 heavy (non-hydrogen) atoms. The zero-order valence-electron chi connectivity index (χ0n) is 9.89. The van der Waals surface area contributed by atoms with E-state index in [1.807, 2.05) is 54.7 Å². The molecule has 0 amide bonds. The Kier molecular flexibility index (Phi) is 2.65. The van der Waals surface area contributed by atoms with E-state index in [0.717, 1.165) is 27.9 Å². The average Bonchev–Trinajstić information content (AvgIpc) is 2.82. The molecule has 0 atom stereocenters. The number of nitrogens with two attached hydrogens (primary N) is 1. The second-order valence-electron chi connectivity index (χ2n) is 4.19. The molecule has 3 rings (SSSR count). The molecule has 0 saturated heterocycles. The van der Waals surface area contributed by atoms with Crippen molar-refractivity contribution in [2.45, 2.75) is 6.61 Å². The van der Waals surface area contributed by atoms with E-state index in [0.29, 0.717) is 6.61 Å². The van der Waals surface area contributed by atoms with E-state index < -0.39 is 0 Å². The number of H-pyrrole nitrogens is 1. The lowest BCUT2D eigenvalue weighted by Gasteiger charge is -2.05. The molecule has 1 heterocycles. The van der Waals surface area contributed by atoms with Crippen molar-refractivity contribution in [2.75, 3.05) is 5.73 Å². The molecular weight excluding hydrogens is 224 g/mol. The summed E-state index contributed by atoms with van der Waals surface area (Å²) >= 11 is 0. The number of para-hydroxylation sites is 1. The Morgan fingerprint density at radius 3 is 2.67 bits per heavy atom. The number of rotatable bonds is 3. The van der Waals surface area contributed by atoms with Crippen molar-refractivity contribution < 1.29 is 4.74 Å². The lowest BCUT2D eigenvalue weighted by molar-refractivity contribution is 0.307. The number of hydrogen-bond donors (Lipinski definition) is 2. The fraction of sp³-hybridized carbons (Fsp3) is 0.0667. The minimum Gasteiger partial charge on any atom is -0.489 e. The van der Waals surface area contributed by atoms with Gasteiger partial charge < -0.3 is 15.5 Å². The smallest absolute Gasteiger partial charge is 0.119 e. The number of hydrogen-bond acceptors (Lipinski definition) is 2. The normalized spacial score (nSPS) is 10.7. The number of benzene rings is 2. The maximum atomic E-state index is 5.99. The molecular formula is C15H14N2O. The number of ether oxygens (including phenoxy) is 1. The molecule has 0 saturated carbocycles. The highest BCUT2D eigenvalue weighted by Crippen LogP contribution is 2.25. The summed E-state index contributed by atoms with van der Waals surface area (Å²) < 4.78 is 5.74. The lowest BCUT2D eigenvalue weighted by Crippen LogP contribution is -1.95. The van der Waals surface area contributed by atoms with Crippen LogP contribution in [-0.4, -0.2) is 4.98 Å². The minimum atomic E-state index is 0.512. The van der Waals surface area contributed by atoms with Crippen LogP contribution in [0.4, 0.5) is 5.69 Å². The van der Waals surface area contributed by atoms with Gasteiger partial charge in [0.1, 0.15) is 12.4 Å². The SMILES string of the molecule is Nc1cccc2[nH]cc(COc3ccccc3)c12. The maximum Gasteiger partial charge on any atom is 0.119 e. The van der Waals surface area contributed by atoms with Gasteiger partial charge in [-0.05, 0) is 24.3 Å². The summed E-state index contributed by atoms with van der Waals surface area (Å²) in [7, 11) is 0. The van der Waals surface area contributed by atoms with Crippen LogP contribution in [-0.2, 0) is 6.61 Å². The number of aromatic amines is 1. The molecule has 0 aliphatic carbocycles. The van der Waals surface area contributed by atoms with E-state index in [2.05, 4.69) is 4.98 Å². The van der Waals surface area contributed by atoms with Crippen molar-refractivity contribution >= 4 is 16.6 Å².